The molecule has 1 saturated heterocycles. The van der Waals surface area contributed by atoms with Crippen LogP contribution in [0.2, 0.25) is 0 Å². The van der Waals surface area contributed by atoms with Gasteiger partial charge in [0.25, 0.3) is 0 Å². The second kappa shape index (κ2) is 25.7. The van der Waals surface area contributed by atoms with Crippen LogP contribution in [0.3, 0.4) is 0 Å². The number of rotatable bonds is 12. The molecule has 2 aliphatic heterocycles. The Morgan fingerprint density at radius 1 is 0.895 bits per heavy atom. The summed E-state index contributed by atoms with van der Waals surface area (Å²) in [4.78, 5) is 13.2. The lowest BCUT2D eigenvalue weighted by atomic mass is 9.91. The summed E-state index contributed by atoms with van der Waals surface area (Å²) >= 11 is 0. The van der Waals surface area contributed by atoms with Gasteiger partial charge in [0, 0.05) is 40.4 Å². The number of aliphatic hydroxyl groups excluding tert-OH is 5. The first-order valence-electron chi connectivity index (χ1n) is 20.2. The van der Waals surface area contributed by atoms with E-state index in [1.165, 1.54) is 33.5 Å². The fourth-order valence-corrected chi connectivity index (χ4v) is 7.17. The highest BCUT2D eigenvalue weighted by Gasteiger charge is 2.61. The van der Waals surface area contributed by atoms with Crippen molar-refractivity contribution in [3.63, 3.8) is 0 Å². The molecule has 0 amide bonds. The van der Waals surface area contributed by atoms with Crippen molar-refractivity contribution in [2.75, 3.05) is 28.4 Å². The minimum Gasteiger partial charge on any atom is -0.452 e. The van der Waals surface area contributed by atoms with Crippen molar-refractivity contribution in [2.24, 2.45) is 11.8 Å². The molecule has 0 radical (unpaired) electrons. The molecule has 5 N–H and O–H groups in total. The highest BCUT2D eigenvalue weighted by atomic mass is 16.6. The van der Waals surface area contributed by atoms with E-state index < -0.39 is 84.6 Å². The van der Waals surface area contributed by atoms with Gasteiger partial charge in [0.1, 0.15) is 42.2 Å². The van der Waals surface area contributed by atoms with E-state index in [2.05, 4.69) is 13.0 Å². The second-order valence-corrected chi connectivity index (χ2v) is 15.6. The number of aliphatic hydroxyl groups is 5. The quantitative estimate of drug-likeness (QED) is 0.0987. The summed E-state index contributed by atoms with van der Waals surface area (Å²) in [5, 5.41) is 55.0. The van der Waals surface area contributed by atoms with Gasteiger partial charge in [-0.2, -0.15) is 0 Å². The van der Waals surface area contributed by atoms with Crippen molar-refractivity contribution >= 4 is 5.97 Å². The summed E-state index contributed by atoms with van der Waals surface area (Å²) in [6.07, 6.45) is 14.9. The van der Waals surface area contributed by atoms with Crippen LogP contribution in [-0.4, -0.2) is 133 Å². The van der Waals surface area contributed by atoms with Crippen molar-refractivity contribution in [2.45, 2.75) is 153 Å². The van der Waals surface area contributed by atoms with E-state index in [1.807, 2.05) is 39.8 Å². The molecule has 0 saturated carbocycles. The maximum atomic E-state index is 13.2. The minimum absolute atomic E-state index is 0.111. The number of allylic oxidation sites excluding steroid dienone is 7. The minimum atomic E-state index is -1.14. The number of ether oxygens (including phenoxy) is 6. The standard InChI is InChI=1S/C45H72O12/c1-11-16-35(48)42(54-9)44-45(6,57-44)39(49)21-15-20-38-43(55-10)41(51)32(5)28-31(4)24-26-34(47)37(53-8)19-14-17-29(2)27-30(3)23-25-33(46)36(52-7)18-12-13-22-40(50)56-38/h12-13,15,18,20,22-29,32-39,41-44,46-49,51H,11,14,16-17,19,21H2,1-10H3/b18-12+,20-15+,22-13+,25-23+,26-24+,30-27+,31-28+/t29?,32-,33-,34+,35+,36?,37+,38+,39+,41-,42-,43?,44?,45?/m1/s1. The van der Waals surface area contributed by atoms with Crippen LogP contribution in [0.1, 0.15) is 80.1 Å². The van der Waals surface area contributed by atoms with E-state index in [0.29, 0.717) is 12.8 Å². The Morgan fingerprint density at radius 3 is 2.18 bits per heavy atom. The van der Waals surface area contributed by atoms with E-state index in [4.69, 9.17) is 28.4 Å². The van der Waals surface area contributed by atoms with Crippen LogP contribution in [-0.2, 0) is 33.2 Å². The molecule has 12 heteroatoms. The van der Waals surface area contributed by atoms with Gasteiger partial charge in [0.2, 0.25) is 0 Å². The number of epoxide rings is 1. The summed E-state index contributed by atoms with van der Waals surface area (Å²) in [5.74, 6) is -0.927. The van der Waals surface area contributed by atoms with Gasteiger partial charge in [-0.15, -0.1) is 0 Å². The molecule has 0 bridgehead atoms. The van der Waals surface area contributed by atoms with Gasteiger partial charge >= 0.3 is 5.97 Å². The number of esters is 1. The normalized spacial score (nSPS) is 38.8. The SMILES string of the molecule is CCC[C@H](O)[C@@H](OC)C1OC1(C)[C@@H](O)C/C=C/[C@@H]1OC(=O)/C=C/C=C/C(OC)[C@H](O)/C=C/C(C)=C/C(C)CCC[C@H](OC)[C@@H](O)/C=C/C(C)=C/[C@@H](C)[C@@H](O)C1OC. The zero-order chi connectivity index (χ0) is 42.7. The summed E-state index contributed by atoms with van der Waals surface area (Å²) < 4.78 is 34.1. The first-order valence-corrected chi connectivity index (χ1v) is 20.2. The highest BCUT2D eigenvalue weighted by Crippen LogP contribution is 2.44. The number of carbonyl (C=O) groups excluding carboxylic acids is 1. The molecule has 12 nitrogen and oxygen atoms in total. The molecule has 0 aromatic carbocycles. The number of carbonyl (C=O) groups is 1. The molecule has 2 heterocycles. The molecule has 2 aliphatic rings. The van der Waals surface area contributed by atoms with Gasteiger partial charge in [-0.3, -0.25) is 0 Å². The predicted molar refractivity (Wildman–Crippen MR) is 221 cm³/mol. The Bertz CT molecular complexity index is 1400. The highest BCUT2D eigenvalue weighted by molar-refractivity contribution is 5.82. The van der Waals surface area contributed by atoms with Gasteiger partial charge < -0.3 is 54.0 Å². The molecule has 2 rings (SSSR count). The van der Waals surface area contributed by atoms with Crippen molar-refractivity contribution < 1.29 is 58.7 Å². The van der Waals surface area contributed by atoms with Crippen LogP contribution >= 0.6 is 0 Å². The van der Waals surface area contributed by atoms with Crippen molar-refractivity contribution in [3.05, 3.63) is 84.1 Å². The molecule has 0 aromatic heterocycles. The fraction of sp³-hybridized carbons (Fsp3) is 0.667. The Morgan fingerprint density at radius 2 is 1.56 bits per heavy atom. The summed E-state index contributed by atoms with van der Waals surface area (Å²) in [6.45, 7) is 11.5. The maximum absolute atomic E-state index is 13.2. The van der Waals surface area contributed by atoms with E-state index in [-0.39, 0.29) is 12.3 Å². The second-order valence-electron chi connectivity index (χ2n) is 15.6. The van der Waals surface area contributed by atoms with Crippen molar-refractivity contribution in [3.8, 4) is 0 Å². The Labute approximate surface area is 341 Å². The lowest BCUT2D eigenvalue weighted by Crippen LogP contribution is -2.43. The van der Waals surface area contributed by atoms with Crippen LogP contribution in [0.25, 0.3) is 0 Å². The van der Waals surface area contributed by atoms with E-state index >= 15 is 0 Å². The molecule has 324 valence electrons. The molecule has 0 aromatic rings. The molecule has 57 heavy (non-hydrogen) atoms. The first-order chi connectivity index (χ1) is 27.1. The topological polar surface area (TPSA) is 177 Å². The maximum Gasteiger partial charge on any atom is 0.331 e. The van der Waals surface area contributed by atoms with Gasteiger partial charge in [-0.05, 0) is 58.4 Å². The van der Waals surface area contributed by atoms with Gasteiger partial charge in [-0.25, -0.2) is 4.79 Å². The first kappa shape index (κ1) is 50.4. The molecule has 5 unspecified atom stereocenters. The summed E-state index contributed by atoms with van der Waals surface area (Å²) in [6, 6.07) is 0. The Balaban J connectivity index is 2.42. The van der Waals surface area contributed by atoms with Crippen LogP contribution in [0.15, 0.2) is 84.1 Å². The van der Waals surface area contributed by atoms with Crippen LogP contribution in [0, 0.1) is 11.8 Å². The van der Waals surface area contributed by atoms with E-state index in [9.17, 15) is 30.3 Å². The van der Waals surface area contributed by atoms with Crippen LogP contribution in [0.4, 0.5) is 0 Å². The molecule has 14 atom stereocenters. The molecular formula is C45H72O12. The van der Waals surface area contributed by atoms with Crippen LogP contribution in [0.5, 0.6) is 0 Å². The number of hydrogen-bond donors (Lipinski definition) is 5. The fourth-order valence-electron chi connectivity index (χ4n) is 7.17. The van der Waals surface area contributed by atoms with Crippen LogP contribution < -0.4 is 0 Å². The Kier molecular flexibility index (Phi) is 22.7. The average molecular weight is 805 g/mol. The average Bonchev–Trinajstić information content (AvgIpc) is 3.85. The molecule has 0 spiro atoms. The number of cyclic esters (lactones) is 1. The third-order valence-corrected chi connectivity index (χ3v) is 10.8. The largest absolute Gasteiger partial charge is 0.452 e. The predicted octanol–water partition coefficient (Wildman–Crippen LogP) is 5.24. The summed E-state index contributed by atoms with van der Waals surface area (Å²) in [7, 11) is 5.99. The Hall–Kier alpha value is -2.75. The molecule has 1 fully saturated rings. The molecule has 0 aliphatic carbocycles. The zero-order valence-electron chi connectivity index (χ0n) is 35.8. The van der Waals surface area contributed by atoms with E-state index in [0.717, 1.165) is 30.4 Å². The zero-order valence-corrected chi connectivity index (χ0v) is 35.8. The molecular weight excluding hydrogens is 732 g/mol. The monoisotopic (exact) mass is 805 g/mol. The van der Waals surface area contributed by atoms with Crippen molar-refractivity contribution in [1.82, 2.24) is 0 Å². The number of methoxy groups -OCH3 is 4. The lowest BCUT2D eigenvalue weighted by molar-refractivity contribution is -0.152. The van der Waals surface area contributed by atoms with Gasteiger partial charge in [0.15, 0.2) is 0 Å². The van der Waals surface area contributed by atoms with Crippen molar-refractivity contribution in [1.29, 1.82) is 0 Å². The smallest absolute Gasteiger partial charge is 0.331 e. The summed E-state index contributed by atoms with van der Waals surface area (Å²) in [5.41, 5.74) is 0.821. The van der Waals surface area contributed by atoms with E-state index in [1.54, 1.807) is 56.6 Å². The third-order valence-electron chi connectivity index (χ3n) is 10.8. The van der Waals surface area contributed by atoms with Gasteiger partial charge in [0.05, 0.1) is 30.5 Å². The number of hydrogen-bond acceptors (Lipinski definition) is 12. The third kappa shape index (κ3) is 16.4. The lowest BCUT2D eigenvalue weighted by Gasteiger charge is -2.30. The van der Waals surface area contributed by atoms with Gasteiger partial charge in [-0.1, -0.05) is 106 Å².